The second kappa shape index (κ2) is 6.84. The number of imidazole rings is 1. The summed E-state index contributed by atoms with van der Waals surface area (Å²) in [6, 6.07) is 11.5. The second-order valence-corrected chi connectivity index (χ2v) is 6.12. The molecule has 0 saturated heterocycles. The summed E-state index contributed by atoms with van der Waals surface area (Å²) in [6.07, 6.45) is 8.00. The number of rotatable bonds is 5. The standard InChI is InChI=1S/C20H17N5O2/c1-14-18(16(12-21)20(27-14)24-9-4-5-10-24)19(26)22-8-7-15-13-25-11-3-2-6-17(25)23-15/h2-6,9-11,13H,7-8H2,1H3,(H,22,26). The van der Waals surface area contributed by atoms with Gasteiger partial charge in [-0.25, -0.2) is 4.98 Å². The number of hydrogen-bond donors (Lipinski definition) is 1. The minimum absolute atomic E-state index is 0.230. The molecule has 4 rings (SSSR count). The van der Waals surface area contributed by atoms with E-state index in [1.807, 2.05) is 47.1 Å². The van der Waals surface area contributed by atoms with Crippen LogP contribution in [0.2, 0.25) is 0 Å². The van der Waals surface area contributed by atoms with Crippen molar-refractivity contribution in [2.24, 2.45) is 0 Å². The summed E-state index contributed by atoms with van der Waals surface area (Å²) >= 11 is 0. The molecule has 7 nitrogen and oxygen atoms in total. The van der Waals surface area contributed by atoms with Crippen molar-refractivity contribution in [2.45, 2.75) is 13.3 Å². The zero-order valence-corrected chi connectivity index (χ0v) is 14.7. The molecule has 4 heterocycles. The summed E-state index contributed by atoms with van der Waals surface area (Å²) in [7, 11) is 0. The highest BCUT2D eigenvalue weighted by Gasteiger charge is 2.24. The monoisotopic (exact) mass is 359 g/mol. The highest BCUT2D eigenvalue weighted by Crippen LogP contribution is 2.25. The number of carbonyl (C=O) groups excluding carboxylic acids is 1. The van der Waals surface area contributed by atoms with E-state index in [2.05, 4.69) is 16.4 Å². The van der Waals surface area contributed by atoms with E-state index in [0.717, 1.165) is 11.3 Å². The fourth-order valence-electron chi connectivity index (χ4n) is 3.06. The van der Waals surface area contributed by atoms with Gasteiger partial charge in [0, 0.05) is 37.8 Å². The van der Waals surface area contributed by atoms with Crippen molar-refractivity contribution in [3.63, 3.8) is 0 Å². The first-order valence-corrected chi connectivity index (χ1v) is 8.55. The van der Waals surface area contributed by atoms with Crippen LogP contribution in [0, 0.1) is 18.3 Å². The normalized spacial score (nSPS) is 10.8. The minimum atomic E-state index is -0.324. The summed E-state index contributed by atoms with van der Waals surface area (Å²) in [5, 5.41) is 12.4. The number of fused-ring (bicyclic) bond motifs is 1. The van der Waals surface area contributed by atoms with E-state index < -0.39 is 0 Å². The lowest BCUT2D eigenvalue weighted by atomic mass is 10.1. The fourth-order valence-corrected chi connectivity index (χ4v) is 3.06. The maximum absolute atomic E-state index is 12.6. The van der Waals surface area contributed by atoms with Gasteiger partial charge in [-0.2, -0.15) is 5.26 Å². The van der Waals surface area contributed by atoms with Crippen molar-refractivity contribution in [1.82, 2.24) is 19.3 Å². The molecule has 0 aromatic carbocycles. The van der Waals surface area contributed by atoms with Gasteiger partial charge in [0.25, 0.3) is 5.91 Å². The summed E-state index contributed by atoms with van der Waals surface area (Å²) in [5.41, 5.74) is 2.26. The molecule has 0 atom stereocenters. The molecule has 0 fully saturated rings. The summed E-state index contributed by atoms with van der Waals surface area (Å²) in [5.74, 6) is 0.445. The Bertz CT molecular complexity index is 1110. The number of amides is 1. The third kappa shape index (κ3) is 3.09. The van der Waals surface area contributed by atoms with Gasteiger partial charge >= 0.3 is 0 Å². The number of carbonyl (C=O) groups is 1. The van der Waals surface area contributed by atoms with E-state index in [4.69, 9.17) is 4.42 Å². The van der Waals surface area contributed by atoms with Crippen LogP contribution in [0.15, 0.2) is 59.5 Å². The Labute approximate surface area is 155 Å². The van der Waals surface area contributed by atoms with Crippen molar-refractivity contribution < 1.29 is 9.21 Å². The van der Waals surface area contributed by atoms with Crippen molar-refractivity contribution in [3.8, 4) is 12.0 Å². The SMILES string of the molecule is Cc1oc(-n2cccc2)c(C#N)c1C(=O)NCCc1cn2ccccc2n1. The lowest BCUT2D eigenvalue weighted by Crippen LogP contribution is -2.26. The number of furan rings is 1. The maximum Gasteiger partial charge on any atom is 0.256 e. The van der Waals surface area contributed by atoms with Crippen LogP contribution >= 0.6 is 0 Å². The molecule has 0 spiro atoms. The van der Waals surface area contributed by atoms with E-state index in [9.17, 15) is 10.1 Å². The number of nitrogens with one attached hydrogen (secondary N) is 1. The van der Waals surface area contributed by atoms with E-state index >= 15 is 0 Å². The van der Waals surface area contributed by atoms with Crippen LogP contribution in [0.3, 0.4) is 0 Å². The van der Waals surface area contributed by atoms with Gasteiger partial charge in [-0.3, -0.25) is 9.36 Å². The molecule has 7 heteroatoms. The molecule has 0 radical (unpaired) electrons. The van der Waals surface area contributed by atoms with Crippen LogP contribution in [-0.4, -0.2) is 26.4 Å². The Kier molecular flexibility index (Phi) is 4.22. The zero-order valence-electron chi connectivity index (χ0n) is 14.7. The van der Waals surface area contributed by atoms with Gasteiger partial charge in [-0.05, 0) is 31.2 Å². The molecule has 0 aliphatic carbocycles. The van der Waals surface area contributed by atoms with Crippen molar-refractivity contribution in [2.75, 3.05) is 6.54 Å². The smallest absolute Gasteiger partial charge is 0.256 e. The Morgan fingerprint density at radius 3 is 2.78 bits per heavy atom. The van der Waals surface area contributed by atoms with E-state index in [0.29, 0.717) is 24.6 Å². The highest BCUT2D eigenvalue weighted by atomic mass is 16.4. The third-order valence-corrected chi connectivity index (χ3v) is 4.32. The molecule has 27 heavy (non-hydrogen) atoms. The van der Waals surface area contributed by atoms with Gasteiger partial charge in [0.05, 0.1) is 5.69 Å². The lowest BCUT2D eigenvalue weighted by molar-refractivity contribution is 0.0952. The van der Waals surface area contributed by atoms with Crippen molar-refractivity contribution in [3.05, 3.63) is 77.7 Å². The molecule has 0 bridgehead atoms. The summed E-state index contributed by atoms with van der Waals surface area (Å²) in [6.45, 7) is 2.10. The van der Waals surface area contributed by atoms with Crippen LogP contribution in [0.1, 0.15) is 27.4 Å². The Balaban J connectivity index is 1.49. The second-order valence-electron chi connectivity index (χ2n) is 6.12. The Morgan fingerprint density at radius 1 is 1.26 bits per heavy atom. The van der Waals surface area contributed by atoms with Crippen LogP contribution in [-0.2, 0) is 6.42 Å². The predicted molar refractivity (Wildman–Crippen MR) is 98.7 cm³/mol. The van der Waals surface area contributed by atoms with E-state index in [1.54, 1.807) is 23.9 Å². The van der Waals surface area contributed by atoms with Gasteiger partial charge in [0.15, 0.2) is 0 Å². The lowest BCUT2D eigenvalue weighted by Gasteiger charge is -2.03. The zero-order chi connectivity index (χ0) is 18.8. The van der Waals surface area contributed by atoms with Gasteiger partial charge in [0.1, 0.15) is 28.6 Å². The predicted octanol–water partition coefficient (Wildman–Crippen LogP) is 2.87. The van der Waals surface area contributed by atoms with Gasteiger partial charge in [-0.1, -0.05) is 6.07 Å². The maximum atomic E-state index is 12.6. The van der Waals surface area contributed by atoms with Crippen molar-refractivity contribution in [1.29, 1.82) is 5.26 Å². The molecule has 0 aliphatic heterocycles. The average molecular weight is 359 g/mol. The molecule has 134 valence electrons. The molecule has 4 aromatic heterocycles. The number of pyridine rings is 1. The first kappa shape index (κ1) is 16.7. The van der Waals surface area contributed by atoms with Crippen LogP contribution in [0.4, 0.5) is 0 Å². The number of hydrogen-bond acceptors (Lipinski definition) is 4. The number of nitriles is 1. The van der Waals surface area contributed by atoms with Gasteiger partial charge < -0.3 is 14.1 Å². The Hall–Kier alpha value is -3.79. The molecule has 0 unspecified atom stereocenters. The van der Waals surface area contributed by atoms with Crippen LogP contribution in [0.5, 0.6) is 0 Å². The molecular weight excluding hydrogens is 342 g/mol. The molecule has 1 amide bonds. The minimum Gasteiger partial charge on any atom is -0.443 e. The van der Waals surface area contributed by atoms with E-state index in [-0.39, 0.29) is 17.0 Å². The first-order valence-electron chi connectivity index (χ1n) is 8.55. The molecule has 0 saturated carbocycles. The van der Waals surface area contributed by atoms with Gasteiger partial charge in [-0.15, -0.1) is 0 Å². The molecule has 1 N–H and O–H groups in total. The quantitative estimate of drug-likeness (QED) is 0.593. The number of aromatic nitrogens is 3. The topological polar surface area (TPSA) is 88.3 Å². The molecule has 0 aliphatic rings. The van der Waals surface area contributed by atoms with E-state index in [1.165, 1.54) is 0 Å². The summed E-state index contributed by atoms with van der Waals surface area (Å²) in [4.78, 5) is 17.1. The highest BCUT2D eigenvalue weighted by molar-refractivity contribution is 5.98. The van der Waals surface area contributed by atoms with Crippen molar-refractivity contribution >= 4 is 11.6 Å². The van der Waals surface area contributed by atoms with Gasteiger partial charge in [0.2, 0.25) is 5.88 Å². The number of nitrogens with zero attached hydrogens (tertiary/aromatic N) is 4. The third-order valence-electron chi connectivity index (χ3n) is 4.32. The average Bonchev–Trinajstić information content (AvgIpc) is 3.38. The van der Waals surface area contributed by atoms with Crippen LogP contribution < -0.4 is 5.32 Å². The molecular formula is C20H17N5O2. The number of aryl methyl sites for hydroxylation is 1. The Morgan fingerprint density at radius 2 is 2.04 bits per heavy atom. The summed E-state index contributed by atoms with van der Waals surface area (Å²) < 4.78 is 9.29. The molecule has 4 aromatic rings. The first-order chi connectivity index (χ1) is 13.2. The largest absolute Gasteiger partial charge is 0.443 e. The van der Waals surface area contributed by atoms with Crippen LogP contribution in [0.25, 0.3) is 11.5 Å². The fraction of sp³-hybridized carbons (Fsp3) is 0.150.